The van der Waals surface area contributed by atoms with Crippen LogP contribution in [-0.2, 0) is 28.7 Å². The van der Waals surface area contributed by atoms with E-state index in [1.54, 1.807) is 28.5 Å². The van der Waals surface area contributed by atoms with Crippen molar-refractivity contribution in [2.24, 2.45) is 0 Å². The number of thioether (sulfide) groups is 1. The van der Waals surface area contributed by atoms with Crippen molar-refractivity contribution in [1.29, 1.82) is 0 Å². The Kier molecular flexibility index (Phi) is 6.12. The van der Waals surface area contributed by atoms with Crippen LogP contribution in [0.3, 0.4) is 0 Å². The van der Waals surface area contributed by atoms with E-state index in [0.29, 0.717) is 30.7 Å². The Hall–Kier alpha value is -0.880. The Balaban J connectivity index is 1.72. The van der Waals surface area contributed by atoms with Gasteiger partial charge in [0.25, 0.3) is 15.6 Å². The van der Waals surface area contributed by atoms with E-state index in [1.165, 1.54) is 22.7 Å². The van der Waals surface area contributed by atoms with Crippen molar-refractivity contribution in [1.82, 2.24) is 13.9 Å². The van der Waals surface area contributed by atoms with Crippen molar-refractivity contribution in [3.63, 3.8) is 0 Å². The second kappa shape index (κ2) is 8.01. The molecule has 0 aliphatic carbocycles. The summed E-state index contributed by atoms with van der Waals surface area (Å²) in [5.41, 5.74) is 0.709. The van der Waals surface area contributed by atoms with Gasteiger partial charge >= 0.3 is 5.69 Å². The quantitative estimate of drug-likeness (QED) is 0.682. The van der Waals surface area contributed by atoms with Crippen LogP contribution in [0.5, 0.6) is 0 Å². The molecule has 0 aromatic carbocycles. The fourth-order valence-electron chi connectivity index (χ4n) is 2.83. The van der Waals surface area contributed by atoms with Crippen molar-refractivity contribution < 1.29 is 8.42 Å². The molecule has 3 heterocycles. The van der Waals surface area contributed by atoms with Gasteiger partial charge < -0.3 is 0 Å². The normalized spacial score (nSPS) is 14.6. The predicted octanol–water partition coefficient (Wildman–Crippen LogP) is 1.86. The van der Waals surface area contributed by atoms with E-state index in [0.717, 1.165) is 15.2 Å². The highest BCUT2D eigenvalue weighted by Crippen LogP contribution is 2.28. The maximum absolute atomic E-state index is 12.5. The molecule has 0 unspecified atom stereocenters. The first-order valence-corrected chi connectivity index (χ1v) is 12.2. The Morgan fingerprint density at radius 3 is 2.81 bits per heavy atom. The SMILES string of the molecule is CN(CCCn1c2c(c(=O)[nH]c1=O)CSCC2)S(=O)(=O)c1ccc(Br)s1. The molecule has 1 N–H and O–H groups in total. The second-order valence-electron chi connectivity index (χ2n) is 5.88. The molecule has 0 saturated carbocycles. The molecule has 11 heteroatoms. The van der Waals surface area contributed by atoms with Crippen LogP contribution in [0.2, 0.25) is 0 Å². The standard InChI is InChI=1S/C15H18BrN3O4S3/c1-18(26(22,23)13-4-3-12(16)25-13)6-2-7-19-11-5-8-24-9-10(11)14(20)17-15(19)21/h3-4H,2,5-9H2,1H3,(H,17,20,21). The van der Waals surface area contributed by atoms with Crippen LogP contribution < -0.4 is 11.2 Å². The van der Waals surface area contributed by atoms with Gasteiger partial charge in [-0.15, -0.1) is 11.3 Å². The summed E-state index contributed by atoms with van der Waals surface area (Å²) >= 11 is 6.11. The predicted molar refractivity (Wildman–Crippen MR) is 108 cm³/mol. The number of halogens is 1. The molecule has 1 aliphatic rings. The Morgan fingerprint density at radius 2 is 2.12 bits per heavy atom. The topological polar surface area (TPSA) is 92.2 Å². The number of nitrogens with zero attached hydrogens (tertiary/aromatic N) is 2. The highest BCUT2D eigenvalue weighted by molar-refractivity contribution is 9.11. The van der Waals surface area contributed by atoms with Crippen LogP contribution in [0, 0.1) is 0 Å². The Morgan fingerprint density at radius 1 is 1.35 bits per heavy atom. The highest BCUT2D eigenvalue weighted by Gasteiger charge is 2.23. The minimum Gasteiger partial charge on any atom is -0.297 e. The lowest BCUT2D eigenvalue weighted by molar-refractivity contribution is 0.440. The maximum Gasteiger partial charge on any atom is 0.328 e. The van der Waals surface area contributed by atoms with E-state index >= 15 is 0 Å². The van der Waals surface area contributed by atoms with Gasteiger partial charge in [0.2, 0.25) is 0 Å². The van der Waals surface area contributed by atoms with E-state index in [1.807, 2.05) is 0 Å². The molecule has 0 fully saturated rings. The molecular weight excluding hydrogens is 462 g/mol. The van der Waals surface area contributed by atoms with E-state index in [-0.39, 0.29) is 16.3 Å². The van der Waals surface area contributed by atoms with Crippen LogP contribution >= 0.6 is 39.0 Å². The number of nitrogens with one attached hydrogen (secondary N) is 1. The fourth-order valence-corrected chi connectivity index (χ4v) is 7.25. The van der Waals surface area contributed by atoms with Gasteiger partial charge in [-0.2, -0.15) is 11.8 Å². The number of aromatic amines is 1. The molecule has 0 saturated heterocycles. The molecule has 0 atom stereocenters. The first-order chi connectivity index (χ1) is 12.3. The van der Waals surface area contributed by atoms with Crippen molar-refractivity contribution >= 4 is 49.1 Å². The summed E-state index contributed by atoms with van der Waals surface area (Å²) in [6.07, 6.45) is 1.16. The third-order valence-electron chi connectivity index (χ3n) is 4.21. The number of rotatable bonds is 6. The van der Waals surface area contributed by atoms with Crippen LogP contribution in [0.25, 0.3) is 0 Å². The van der Waals surface area contributed by atoms with Gasteiger partial charge in [-0.3, -0.25) is 14.3 Å². The third kappa shape index (κ3) is 4.01. The molecule has 0 amide bonds. The summed E-state index contributed by atoms with van der Waals surface area (Å²) in [5, 5.41) is 0. The summed E-state index contributed by atoms with van der Waals surface area (Å²) in [7, 11) is -2.00. The van der Waals surface area contributed by atoms with Gasteiger partial charge in [-0.05, 0) is 46.7 Å². The van der Waals surface area contributed by atoms with Gasteiger partial charge in [0, 0.05) is 37.1 Å². The van der Waals surface area contributed by atoms with Crippen molar-refractivity contribution in [3.8, 4) is 0 Å². The average Bonchev–Trinajstić information content (AvgIpc) is 3.05. The average molecular weight is 480 g/mol. The lowest BCUT2D eigenvalue weighted by Crippen LogP contribution is -2.37. The van der Waals surface area contributed by atoms with Crippen LogP contribution in [0.15, 0.2) is 29.7 Å². The zero-order valence-corrected chi connectivity index (χ0v) is 18.1. The van der Waals surface area contributed by atoms with E-state index in [4.69, 9.17) is 0 Å². The number of fused-ring (bicyclic) bond motifs is 1. The zero-order chi connectivity index (χ0) is 18.9. The molecule has 1 aliphatic heterocycles. The lowest BCUT2D eigenvalue weighted by Gasteiger charge is -2.21. The van der Waals surface area contributed by atoms with Crippen LogP contribution in [0.1, 0.15) is 17.7 Å². The van der Waals surface area contributed by atoms with Crippen LogP contribution in [0.4, 0.5) is 0 Å². The van der Waals surface area contributed by atoms with Gasteiger partial charge in [-0.25, -0.2) is 17.5 Å². The van der Waals surface area contributed by atoms with Gasteiger partial charge in [-0.1, -0.05) is 0 Å². The maximum atomic E-state index is 12.5. The molecule has 142 valence electrons. The highest BCUT2D eigenvalue weighted by atomic mass is 79.9. The van der Waals surface area contributed by atoms with Crippen molar-refractivity contribution in [3.05, 3.63) is 48.0 Å². The number of hydrogen-bond donors (Lipinski definition) is 1. The first kappa shape index (κ1) is 19.9. The minimum atomic E-state index is -3.53. The molecule has 7 nitrogen and oxygen atoms in total. The summed E-state index contributed by atoms with van der Waals surface area (Å²) in [6.45, 7) is 0.656. The minimum absolute atomic E-state index is 0.280. The van der Waals surface area contributed by atoms with Gasteiger partial charge in [0.05, 0.1) is 3.79 Å². The largest absolute Gasteiger partial charge is 0.328 e. The van der Waals surface area contributed by atoms with Gasteiger partial charge in [0.15, 0.2) is 0 Å². The molecular formula is C15H18BrN3O4S3. The molecule has 0 spiro atoms. The number of thiophene rings is 1. The molecule has 3 rings (SSSR count). The fraction of sp³-hybridized carbons (Fsp3) is 0.467. The Bertz CT molecular complexity index is 1030. The molecule has 0 radical (unpaired) electrons. The smallest absolute Gasteiger partial charge is 0.297 e. The van der Waals surface area contributed by atoms with E-state index in [9.17, 15) is 18.0 Å². The van der Waals surface area contributed by atoms with Crippen LogP contribution in [-0.4, -0.2) is 41.6 Å². The number of H-pyrrole nitrogens is 1. The van der Waals surface area contributed by atoms with E-state index < -0.39 is 15.7 Å². The lowest BCUT2D eigenvalue weighted by atomic mass is 10.2. The van der Waals surface area contributed by atoms with Gasteiger partial charge in [0.1, 0.15) is 4.21 Å². The summed E-state index contributed by atoms with van der Waals surface area (Å²) in [4.78, 5) is 26.5. The number of hydrogen-bond acceptors (Lipinski definition) is 6. The van der Waals surface area contributed by atoms with Crippen molar-refractivity contribution in [2.75, 3.05) is 19.3 Å². The molecule has 2 aromatic rings. The second-order valence-corrected chi connectivity index (χ2v) is 11.7. The molecule has 2 aromatic heterocycles. The molecule has 26 heavy (non-hydrogen) atoms. The number of sulfonamides is 1. The molecule has 0 bridgehead atoms. The summed E-state index contributed by atoms with van der Waals surface area (Å²) in [5.74, 6) is 1.48. The summed E-state index contributed by atoms with van der Waals surface area (Å²) < 4.78 is 29.0. The first-order valence-electron chi connectivity index (χ1n) is 7.95. The number of aromatic nitrogens is 2. The zero-order valence-electron chi connectivity index (χ0n) is 14.0. The third-order valence-corrected chi connectivity index (χ3v) is 9.14. The summed E-state index contributed by atoms with van der Waals surface area (Å²) in [6, 6.07) is 3.27. The Labute approximate surface area is 167 Å². The van der Waals surface area contributed by atoms with E-state index in [2.05, 4.69) is 20.9 Å². The van der Waals surface area contributed by atoms with Crippen molar-refractivity contribution in [2.45, 2.75) is 29.3 Å². The monoisotopic (exact) mass is 479 g/mol.